The van der Waals surface area contributed by atoms with Crippen LogP contribution in [-0.2, 0) is 12.8 Å². The molecule has 0 N–H and O–H groups in total. The van der Waals surface area contributed by atoms with Crippen LogP contribution in [0.25, 0.3) is 0 Å². The molecule has 2 nitrogen and oxygen atoms in total. The van der Waals surface area contributed by atoms with Gasteiger partial charge in [0, 0.05) is 6.07 Å². The predicted octanol–water partition coefficient (Wildman–Crippen LogP) is 4.51. The molecular formula is C15H8F6O2. The van der Waals surface area contributed by atoms with Gasteiger partial charge in [0.15, 0.2) is 17.9 Å². The summed E-state index contributed by atoms with van der Waals surface area (Å²) in [4.78, 5) is 10.8. The third kappa shape index (κ3) is 4.02. The van der Waals surface area contributed by atoms with E-state index in [0.29, 0.717) is 24.3 Å². The van der Waals surface area contributed by atoms with Crippen LogP contribution in [-0.4, -0.2) is 6.29 Å². The van der Waals surface area contributed by atoms with Crippen LogP contribution in [0.1, 0.15) is 21.5 Å². The highest BCUT2D eigenvalue weighted by molar-refractivity contribution is 5.79. The maximum Gasteiger partial charge on any atom is 0.416 e. The minimum Gasteiger partial charge on any atom is -0.485 e. The monoisotopic (exact) mass is 334 g/mol. The Balaban J connectivity index is 2.29. The second-order valence-corrected chi connectivity index (χ2v) is 4.56. The molecule has 0 unspecified atom stereocenters. The highest BCUT2D eigenvalue weighted by Crippen LogP contribution is 2.31. The van der Waals surface area contributed by atoms with Crippen LogP contribution >= 0.6 is 0 Å². The normalized spacial score (nSPS) is 11.4. The van der Waals surface area contributed by atoms with Gasteiger partial charge < -0.3 is 4.74 Å². The molecule has 2 aromatic carbocycles. The topological polar surface area (TPSA) is 26.3 Å². The van der Waals surface area contributed by atoms with E-state index in [4.69, 9.17) is 4.74 Å². The number of alkyl halides is 3. The molecule has 0 radical (unpaired) electrons. The SMILES string of the molecule is O=Cc1cc(F)cc(F)c1OCc1cc(F)cc(C(F)(F)F)c1. The lowest BCUT2D eigenvalue weighted by molar-refractivity contribution is -0.137. The van der Waals surface area contributed by atoms with Crippen molar-refractivity contribution in [3.05, 3.63) is 64.5 Å². The van der Waals surface area contributed by atoms with Crippen LogP contribution in [0.2, 0.25) is 0 Å². The van der Waals surface area contributed by atoms with Crippen molar-refractivity contribution >= 4 is 6.29 Å². The van der Waals surface area contributed by atoms with E-state index in [2.05, 4.69) is 0 Å². The van der Waals surface area contributed by atoms with Crippen LogP contribution in [0, 0.1) is 17.5 Å². The molecule has 0 fully saturated rings. The largest absolute Gasteiger partial charge is 0.485 e. The first-order valence-electron chi connectivity index (χ1n) is 6.14. The Morgan fingerprint density at radius 1 is 0.957 bits per heavy atom. The first kappa shape index (κ1) is 16.9. The fourth-order valence-electron chi connectivity index (χ4n) is 1.87. The van der Waals surface area contributed by atoms with Crippen molar-refractivity contribution in [3.63, 3.8) is 0 Å². The van der Waals surface area contributed by atoms with E-state index in [9.17, 15) is 31.1 Å². The predicted molar refractivity (Wildman–Crippen MR) is 67.5 cm³/mol. The molecule has 0 atom stereocenters. The zero-order chi connectivity index (χ0) is 17.2. The number of hydrogen-bond acceptors (Lipinski definition) is 2. The van der Waals surface area contributed by atoms with Crippen molar-refractivity contribution in [1.82, 2.24) is 0 Å². The number of ether oxygens (including phenoxy) is 1. The third-order valence-corrected chi connectivity index (χ3v) is 2.83. The Hall–Kier alpha value is -2.51. The van der Waals surface area contributed by atoms with E-state index in [1.807, 2.05) is 0 Å². The van der Waals surface area contributed by atoms with Gasteiger partial charge in [-0.1, -0.05) is 0 Å². The fraction of sp³-hybridized carbons (Fsp3) is 0.133. The van der Waals surface area contributed by atoms with Gasteiger partial charge >= 0.3 is 6.18 Å². The minimum atomic E-state index is -4.76. The van der Waals surface area contributed by atoms with Gasteiger partial charge in [-0.25, -0.2) is 13.2 Å². The maximum atomic E-state index is 13.6. The third-order valence-electron chi connectivity index (χ3n) is 2.83. The average molecular weight is 334 g/mol. The molecule has 0 heterocycles. The second kappa shape index (κ2) is 6.31. The number of rotatable bonds is 4. The van der Waals surface area contributed by atoms with Crippen molar-refractivity contribution in [3.8, 4) is 5.75 Å². The first-order valence-corrected chi connectivity index (χ1v) is 6.14. The summed E-state index contributed by atoms with van der Waals surface area (Å²) >= 11 is 0. The zero-order valence-corrected chi connectivity index (χ0v) is 11.3. The van der Waals surface area contributed by atoms with Crippen LogP contribution in [0.15, 0.2) is 30.3 Å². The summed E-state index contributed by atoms with van der Waals surface area (Å²) in [6.07, 6.45) is -4.62. The lowest BCUT2D eigenvalue weighted by atomic mass is 10.1. The minimum absolute atomic E-state index is 0.133. The smallest absolute Gasteiger partial charge is 0.416 e. The molecule has 23 heavy (non-hydrogen) atoms. The van der Waals surface area contributed by atoms with Crippen molar-refractivity contribution in [1.29, 1.82) is 0 Å². The Morgan fingerprint density at radius 3 is 2.22 bits per heavy atom. The van der Waals surface area contributed by atoms with Gasteiger partial charge in [-0.2, -0.15) is 13.2 Å². The summed E-state index contributed by atoms with van der Waals surface area (Å²) in [5, 5.41) is 0. The highest BCUT2D eigenvalue weighted by atomic mass is 19.4. The summed E-state index contributed by atoms with van der Waals surface area (Å²) in [5.74, 6) is -3.98. The van der Waals surface area contributed by atoms with Crippen molar-refractivity contribution in [2.45, 2.75) is 12.8 Å². The van der Waals surface area contributed by atoms with Gasteiger partial charge in [-0.3, -0.25) is 4.79 Å². The number of halogens is 6. The fourth-order valence-corrected chi connectivity index (χ4v) is 1.87. The summed E-state index contributed by atoms with van der Waals surface area (Å²) < 4.78 is 82.4. The number of benzene rings is 2. The lowest BCUT2D eigenvalue weighted by Gasteiger charge is -2.12. The molecule has 0 aromatic heterocycles. The number of aldehydes is 1. The molecule has 122 valence electrons. The van der Waals surface area contributed by atoms with E-state index >= 15 is 0 Å². The van der Waals surface area contributed by atoms with Crippen molar-refractivity contribution < 1.29 is 35.9 Å². The zero-order valence-electron chi connectivity index (χ0n) is 11.3. The summed E-state index contributed by atoms with van der Waals surface area (Å²) in [7, 11) is 0. The molecule has 0 bridgehead atoms. The molecule has 0 spiro atoms. The van der Waals surface area contributed by atoms with Gasteiger partial charge in [-0.15, -0.1) is 0 Å². The van der Waals surface area contributed by atoms with Crippen molar-refractivity contribution in [2.75, 3.05) is 0 Å². The van der Waals surface area contributed by atoms with Crippen LogP contribution < -0.4 is 4.74 Å². The molecule has 0 aliphatic carbocycles. The van der Waals surface area contributed by atoms with Crippen LogP contribution in [0.4, 0.5) is 26.3 Å². The maximum absolute atomic E-state index is 13.6. The van der Waals surface area contributed by atoms with E-state index in [1.54, 1.807) is 0 Å². The van der Waals surface area contributed by atoms with Crippen LogP contribution in [0.3, 0.4) is 0 Å². The molecule has 0 saturated heterocycles. The van der Waals surface area contributed by atoms with Gasteiger partial charge in [0.25, 0.3) is 0 Å². The lowest BCUT2D eigenvalue weighted by Crippen LogP contribution is -2.08. The van der Waals surface area contributed by atoms with E-state index in [-0.39, 0.29) is 11.8 Å². The Labute approximate surface area is 126 Å². The second-order valence-electron chi connectivity index (χ2n) is 4.56. The van der Waals surface area contributed by atoms with Crippen molar-refractivity contribution in [2.24, 2.45) is 0 Å². The molecule has 2 rings (SSSR count). The number of hydrogen-bond donors (Lipinski definition) is 0. The summed E-state index contributed by atoms with van der Waals surface area (Å²) in [6.45, 7) is -0.635. The number of carbonyl (C=O) groups excluding carboxylic acids is 1. The average Bonchev–Trinajstić information content (AvgIpc) is 2.44. The Morgan fingerprint density at radius 2 is 1.61 bits per heavy atom. The standard InChI is InChI=1S/C15H8F6O2/c16-11-2-8(1-10(4-11)15(19,20)21)7-23-14-9(6-22)3-12(17)5-13(14)18/h1-6H,7H2. The van der Waals surface area contributed by atoms with Crippen LogP contribution in [0.5, 0.6) is 5.75 Å². The van der Waals surface area contributed by atoms with Gasteiger partial charge in [-0.05, 0) is 29.8 Å². The van der Waals surface area contributed by atoms with E-state index in [1.165, 1.54) is 0 Å². The summed E-state index contributed by atoms with van der Waals surface area (Å²) in [6, 6.07) is 2.87. The quantitative estimate of drug-likeness (QED) is 0.607. The van der Waals surface area contributed by atoms with Gasteiger partial charge in [0.05, 0.1) is 11.1 Å². The van der Waals surface area contributed by atoms with Gasteiger partial charge in [0.2, 0.25) is 0 Å². The molecule has 0 aliphatic heterocycles. The van der Waals surface area contributed by atoms with Gasteiger partial charge in [0.1, 0.15) is 18.2 Å². The van der Waals surface area contributed by atoms with E-state index in [0.717, 1.165) is 6.07 Å². The Kier molecular flexibility index (Phi) is 4.63. The first-order chi connectivity index (χ1) is 10.7. The Bertz CT molecular complexity index is 739. The van der Waals surface area contributed by atoms with E-state index < -0.39 is 47.1 Å². The molecule has 0 aliphatic rings. The molecular weight excluding hydrogens is 326 g/mol. The molecule has 2 aromatic rings. The number of carbonyl (C=O) groups is 1. The molecule has 8 heteroatoms. The molecule has 0 saturated carbocycles. The molecule has 0 amide bonds. The summed E-state index contributed by atoms with van der Waals surface area (Å²) in [5.41, 5.74) is -1.90. The highest BCUT2D eigenvalue weighted by Gasteiger charge is 2.31.